The first-order chi connectivity index (χ1) is 16.8. The van der Waals surface area contributed by atoms with E-state index in [0.29, 0.717) is 31.0 Å². The molecule has 1 aliphatic rings. The highest BCUT2D eigenvalue weighted by Crippen LogP contribution is 2.26. The summed E-state index contributed by atoms with van der Waals surface area (Å²) in [6, 6.07) is 10.8. The van der Waals surface area contributed by atoms with Gasteiger partial charge in [-0.25, -0.2) is 4.39 Å². The average molecular weight is 548 g/mol. The second-order valence-corrected chi connectivity index (χ2v) is 10.1. The number of halogens is 2. The second kappa shape index (κ2) is 13.0. The Morgan fingerprint density at radius 3 is 2.83 bits per heavy atom. The van der Waals surface area contributed by atoms with Crippen LogP contribution in [0.3, 0.4) is 0 Å². The lowest BCUT2D eigenvalue weighted by atomic mass is 9.98. The Bertz CT molecular complexity index is 1050. The number of aliphatic imine (C=N–C) groups is 1. The fraction of sp³-hybridized carbons (Fsp3) is 0.481. The molecule has 2 aromatic rings. The zero-order chi connectivity index (χ0) is 25.4. The molecule has 35 heavy (non-hydrogen) atoms. The summed E-state index contributed by atoms with van der Waals surface area (Å²) in [5, 5.41) is 0. The maximum absolute atomic E-state index is 14.8. The minimum atomic E-state index is -0.533. The molecule has 1 fully saturated rings. The van der Waals surface area contributed by atoms with Gasteiger partial charge in [-0.1, -0.05) is 28.4 Å². The number of methoxy groups -OCH3 is 1. The van der Waals surface area contributed by atoms with Crippen molar-refractivity contribution in [2.24, 2.45) is 10.7 Å². The molecule has 6 nitrogen and oxygen atoms in total. The fourth-order valence-corrected chi connectivity index (χ4v) is 4.99. The highest BCUT2D eigenvalue weighted by atomic mass is 79.9. The van der Waals surface area contributed by atoms with Crippen molar-refractivity contribution >= 4 is 27.8 Å². The summed E-state index contributed by atoms with van der Waals surface area (Å²) in [6.07, 6.45) is 5.58. The summed E-state index contributed by atoms with van der Waals surface area (Å²) in [6.45, 7) is 5.12. The molecule has 0 radical (unpaired) electrons. The second-order valence-electron chi connectivity index (χ2n) is 9.15. The monoisotopic (exact) mass is 546 g/mol. The number of amides is 1. The first-order valence-electron chi connectivity index (χ1n) is 12.2. The molecule has 3 rings (SSSR count). The van der Waals surface area contributed by atoms with Crippen LogP contribution in [-0.4, -0.2) is 61.5 Å². The molecule has 2 aromatic carbocycles. The maximum Gasteiger partial charge on any atom is 0.280 e. The molecule has 0 spiro atoms. The Kier molecular flexibility index (Phi) is 10.1. The molecule has 0 saturated carbocycles. The van der Waals surface area contributed by atoms with Crippen LogP contribution in [0.25, 0.3) is 0 Å². The van der Waals surface area contributed by atoms with Gasteiger partial charge in [0.2, 0.25) is 0 Å². The Morgan fingerprint density at radius 2 is 2.09 bits per heavy atom. The van der Waals surface area contributed by atoms with Gasteiger partial charge < -0.3 is 20.3 Å². The molecule has 0 aliphatic carbocycles. The highest BCUT2D eigenvalue weighted by Gasteiger charge is 2.19. The maximum atomic E-state index is 14.8. The van der Waals surface area contributed by atoms with E-state index in [4.69, 9.17) is 10.5 Å². The normalized spacial score (nSPS) is 16.8. The summed E-state index contributed by atoms with van der Waals surface area (Å²) < 4.78 is 21.1. The molecule has 2 N–H and O–H groups in total. The van der Waals surface area contributed by atoms with Gasteiger partial charge in [-0.05, 0) is 81.5 Å². The van der Waals surface area contributed by atoms with Gasteiger partial charge in [-0.3, -0.25) is 4.79 Å². The van der Waals surface area contributed by atoms with Crippen LogP contribution in [0.2, 0.25) is 0 Å². The van der Waals surface area contributed by atoms with Crippen molar-refractivity contribution in [2.45, 2.75) is 51.5 Å². The van der Waals surface area contributed by atoms with Crippen LogP contribution >= 0.6 is 15.9 Å². The van der Waals surface area contributed by atoms with E-state index < -0.39 is 11.7 Å². The molecule has 1 saturated heterocycles. The summed E-state index contributed by atoms with van der Waals surface area (Å²) in [7, 11) is 3.43. The predicted octanol–water partition coefficient (Wildman–Crippen LogP) is 5.03. The number of carbonyl (C=O) groups excluding carboxylic acids is 1. The molecule has 0 bridgehead atoms. The largest absolute Gasteiger partial charge is 0.496 e. The van der Waals surface area contributed by atoms with Crippen molar-refractivity contribution in [3.05, 3.63) is 63.4 Å². The Morgan fingerprint density at radius 1 is 1.29 bits per heavy atom. The fourth-order valence-electron chi connectivity index (χ4n) is 4.58. The Hall–Kier alpha value is -2.45. The summed E-state index contributed by atoms with van der Waals surface area (Å²) in [5.41, 5.74) is 7.63. The molecule has 190 valence electrons. The predicted molar refractivity (Wildman–Crippen MR) is 143 cm³/mol. The summed E-state index contributed by atoms with van der Waals surface area (Å²) in [4.78, 5) is 21.4. The number of ether oxygens (including phenoxy) is 1. The van der Waals surface area contributed by atoms with E-state index in [9.17, 15) is 9.18 Å². The van der Waals surface area contributed by atoms with Gasteiger partial charge in [0.1, 0.15) is 11.6 Å². The van der Waals surface area contributed by atoms with Crippen LogP contribution in [0.4, 0.5) is 4.39 Å². The topological polar surface area (TPSA) is 71.2 Å². The zero-order valence-corrected chi connectivity index (χ0v) is 22.5. The summed E-state index contributed by atoms with van der Waals surface area (Å²) in [5.74, 6) is -0.0943. The van der Waals surface area contributed by atoms with Gasteiger partial charge in [0.15, 0.2) is 5.96 Å². The van der Waals surface area contributed by atoms with E-state index in [0.717, 1.165) is 35.3 Å². The number of hydrogen-bond donors (Lipinski definition) is 1. The van der Waals surface area contributed by atoms with Gasteiger partial charge in [0.25, 0.3) is 5.91 Å². The standard InChI is InChI=1S/C27H36BrFN4O2/c1-19-8-4-5-16-33(19)17-7-15-32(2)27(30)31-26(34)23-9-6-10-24(29)22(23)13-11-20-18-21(28)12-14-25(20)35-3/h6,9-10,12,14,18-19H,4-5,7-8,11,13,15-17H2,1-3H3,(H2,30,31,34). The molecule has 1 amide bonds. The van der Waals surface area contributed by atoms with Crippen LogP contribution in [0, 0.1) is 5.82 Å². The van der Waals surface area contributed by atoms with Crippen LogP contribution in [0.15, 0.2) is 45.9 Å². The van der Waals surface area contributed by atoms with E-state index in [1.165, 1.54) is 31.4 Å². The first kappa shape index (κ1) is 27.1. The third-order valence-corrected chi connectivity index (χ3v) is 7.22. The number of benzene rings is 2. The molecule has 0 aromatic heterocycles. The molecule has 1 unspecified atom stereocenters. The lowest BCUT2D eigenvalue weighted by Gasteiger charge is -2.33. The summed E-state index contributed by atoms with van der Waals surface area (Å²) >= 11 is 3.47. The SMILES string of the molecule is COc1ccc(Br)cc1CCc1c(F)cccc1C(=O)N=C(N)N(C)CCCN1CCCCC1C. The van der Waals surface area contributed by atoms with Gasteiger partial charge in [-0.15, -0.1) is 0 Å². The van der Waals surface area contributed by atoms with E-state index >= 15 is 0 Å². The van der Waals surface area contributed by atoms with Gasteiger partial charge >= 0.3 is 0 Å². The number of piperidine rings is 1. The molecule has 1 atom stereocenters. The molecular formula is C27H36BrFN4O2. The van der Waals surface area contributed by atoms with Crippen molar-refractivity contribution in [3.8, 4) is 5.75 Å². The van der Waals surface area contributed by atoms with Crippen molar-refractivity contribution in [3.63, 3.8) is 0 Å². The third-order valence-electron chi connectivity index (χ3n) is 6.72. The Balaban J connectivity index is 1.65. The molecule has 8 heteroatoms. The van der Waals surface area contributed by atoms with Gasteiger partial charge in [0.05, 0.1) is 7.11 Å². The molecular weight excluding hydrogens is 511 g/mol. The smallest absolute Gasteiger partial charge is 0.280 e. The van der Waals surface area contributed by atoms with E-state index in [-0.39, 0.29) is 11.5 Å². The lowest BCUT2D eigenvalue weighted by molar-refractivity contribution is 0.0999. The minimum absolute atomic E-state index is 0.144. The number of likely N-dealkylation sites (tertiary alicyclic amines) is 1. The average Bonchev–Trinajstić information content (AvgIpc) is 2.84. The number of guanidine groups is 1. The minimum Gasteiger partial charge on any atom is -0.496 e. The van der Waals surface area contributed by atoms with Crippen LogP contribution in [0.1, 0.15) is 54.1 Å². The molecule has 1 heterocycles. The van der Waals surface area contributed by atoms with Crippen molar-refractivity contribution in [1.29, 1.82) is 0 Å². The van der Waals surface area contributed by atoms with Crippen LogP contribution in [0.5, 0.6) is 5.75 Å². The van der Waals surface area contributed by atoms with E-state index in [1.54, 1.807) is 18.1 Å². The number of hydrogen-bond acceptors (Lipinski definition) is 3. The van der Waals surface area contributed by atoms with Crippen molar-refractivity contribution in [2.75, 3.05) is 33.8 Å². The van der Waals surface area contributed by atoms with E-state index in [1.807, 2.05) is 25.2 Å². The van der Waals surface area contributed by atoms with Crippen LogP contribution in [-0.2, 0) is 12.8 Å². The number of aryl methyl sites for hydroxylation is 1. The number of nitrogens with two attached hydrogens (primary N) is 1. The van der Waals surface area contributed by atoms with Gasteiger partial charge in [0, 0.05) is 41.8 Å². The number of rotatable bonds is 9. The quantitative estimate of drug-likeness (QED) is 0.352. The third kappa shape index (κ3) is 7.51. The Labute approximate surface area is 216 Å². The van der Waals surface area contributed by atoms with Crippen molar-refractivity contribution < 1.29 is 13.9 Å². The lowest BCUT2D eigenvalue weighted by Crippen LogP contribution is -2.40. The van der Waals surface area contributed by atoms with E-state index in [2.05, 4.69) is 32.7 Å². The van der Waals surface area contributed by atoms with Gasteiger partial charge in [-0.2, -0.15) is 4.99 Å². The van der Waals surface area contributed by atoms with Crippen LogP contribution < -0.4 is 10.5 Å². The number of carbonyl (C=O) groups is 1. The molecule has 1 aliphatic heterocycles. The zero-order valence-electron chi connectivity index (χ0n) is 20.9. The van der Waals surface area contributed by atoms with Crippen molar-refractivity contribution in [1.82, 2.24) is 9.80 Å². The highest BCUT2D eigenvalue weighted by molar-refractivity contribution is 9.10. The first-order valence-corrected chi connectivity index (χ1v) is 13.0. The number of nitrogens with zero attached hydrogens (tertiary/aromatic N) is 3.